The van der Waals surface area contributed by atoms with Gasteiger partial charge >= 0.3 is 0 Å². The molecule has 0 saturated heterocycles. The second kappa shape index (κ2) is 9.13. The molecule has 1 aliphatic rings. The molecule has 3 N–H and O–H groups in total. The topological polar surface area (TPSA) is 96.8 Å². The van der Waals surface area contributed by atoms with Crippen LogP contribution in [-0.4, -0.2) is 31.7 Å². The van der Waals surface area contributed by atoms with Crippen molar-refractivity contribution in [2.45, 2.75) is 37.8 Å². The summed E-state index contributed by atoms with van der Waals surface area (Å²) in [6, 6.07) is 9.15. The predicted molar refractivity (Wildman–Crippen MR) is 117 cm³/mol. The van der Waals surface area contributed by atoms with Crippen LogP contribution in [0.5, 0.6) is 0 Å². The molecule has 1 aromatic carbocycles. The first-order valence-corrected chi connectivity index (χ1v) is 10.4. The number of hydrogen-bond acceptors (Lipinski definition) is 6. The summed E-state index contributed by atoms with van der Waals surface area (Å²) in [5, 5.41) is 13.9. The number of benzene rings is 1. The lowest BCUT2D eigenvalue weighted by molar-refractivity contribution is -0.122. The van der Waals surface area contributed by atoms with Gasteiger partial charge in [-0.15, -0.1) is 0 Å². The van der Waals surface area contributed by atoms with Gasteiger partial charge < -0.3 is 16.0 Å². The summed E-state index contributed by atoms with van der Waals surface area (Å²) in [6.45, 7) is 0. The van der Waals surface area contributed by atoms with E-state index in [1.165, 1.54) is 6.20 Å². The zero-order chi connectivity index (χ0) is 20.9. The van der Waals surface area contributed by atoms with Crippen molar-refractivity contribution in [3.63, 3.8) is 0 Å². The van der Waals surface area contributed by atoms with Gasteiger partial charge in [0.15, 0.2) is 5.82 Å². The van der Waals surface area contributed by atoms with Gasteiger partial charge in [0.1, 0.15) is 11.1 Å². The van der Waals surface area contributed by atoms with Crippen molar-refractivity contribution < 1.29 is 4.79 Å². The van der Waals surface area contributed by atoms with Crippen molar-refractivity contribution in [3.05, 3.63) is 59.5 Å². The van der Waals surface area contributed by atoms with Gasteiger partial charge in [0.25, 0.3) is 0 Å². The average Bonchev–Trinajstić information content (AvgIpc) is 3.40. The number of rotatable bonds is 7. The van der Waals surface area contributed by atoms with Crippen molar-refractivity contribution in [2.75, 3.05) is 10.6 Å². The third-order valence-electron chi connectivity index (χ3n) is 5.08. The summed E-state index contributed by atoms with van der Waals surface area (Å²) in [4.78, 5) is 21.8. The average molecular weight is 426 g/mol. The third kappa shape index (κ3) is 4.88. The molecule has 1 unspecified atom stereocenters. The third-order valence-corrected chi connectivity index (χ3v) is 5.36. The van der Waals surface area contributed by atoms with E-state index in [9.17, 15) is 4.79 Å². The van der Waals surface area contributed by atoms with E-state index >= 15 is 0 Å². The normalized spacial score (nSPS) is 15.0. The molecule has 9 heteroatoms. The molecular weight excluding hydrogens is 402 g/mol. The van der Waals surface area contributed by atoms with Gasteiger partial charge in [-0.2, -0.15) is 10.1 Å². The minimum Gasteiger partial charge on any atom is -0.353 e. The Hall–Kier alpha value is -3.13. The number of carbonyl (C=O) groups is 1. The highest BCUT2D eigenvalue weighted by Gasteiger charge is 2.26. The predicted octanol–water partition coefficient (Wildman–Crippen LogP) is 3.82. The second-order valence-corrected chi connectivity index (χ2v) is 7.80. The highest BCUT2D eigenvalue weighted by molar-refractivity contribution is 6.32. The van der Waals surface area contributed by atoms with Crippen LogP contribution in [0.15, 0.2) is 48.9 Å². The maximum atomic E-state index is 13.1. The summed E-state index contributed by atoms with van der Waals surface area (Å²) in [5.41, 5.74) is 1.59. The van der Waals surface area contributed by atoms with Gasteiger partial charge in [-0.05, 0) is 18.4 Å². The smallest absolute Gasteiger partial charge is 0.247 e. The van der Waals surface area contributed by atoms with Crippen LogP contribution in [-0.2, 0) is 11.8 Å². The fourth-order valence-electron chi connectivity index (χ4n) is 3.58. The molecule has 1 aliphatic carbocycles. The van der Waals surface area contributed by atoms with E-state index in [1.54, 1.807) is 10.9 Å². The number of aryl methyl sites for hydroxylation is 1. The summed E-state index contributed by atoms with van der Waals surface area (Å²) < 4.78 is 1.68. The van der Waals surface area contributed by atoms with Crippen LogP contribution >= 0.6 is 11.6 Å². The SMILES string of the molecule is Cn1cc(Nc2ncc(Cl)c(NC(C(=O)NC3CCCC3)c3ccccc3)n2)cn1. The van der Waals surface area contributed by atoms with Crippen molar-refractivity contribution in [3.8, 4) is 0 Å². The van der Waals surface area contributed by atoms with Crippen LogP contribution in [0.2, 0.25) is 5.02 Å². The molecule has 0 bridgehead atoms. The summed E-state index contributed by atoms with van der Waals surface area (Å²) in [7, 11) is 1.83. The van der Waals surface area contributed by atoms with Gasteiger partial charge in [-0.3, -0.25) is 9.48 Å². The highest BCUT2D eigenvalue weighted by atomic mass is 35.5. The number of nitrogens with zero attached hydrogens (tertiary/aromatic N) is 4. The lowest BCUT2D eigenvalue weighted by Crippen LogP contribution is -2.39. The van der Waals surface area contributed by atoms with Crippen LogP contribution < -0.4 is 16.0 Å². The maximum Gasteiger partial charge on any atom is 0.247 e. The summed E-state index contributed by atoms with van der Waals surface area (Å²) in [5.74, 6) is 0.649. The standard InChI is InChI=1S/C21H24ClN7O/c1-29-13-16(11-24-29)26-21-23-12-17(22)19(28-21)27-18(14-7-3-2-4-8-14)20(30)25-15-9-5-6-10-15/h2-4,7-8,11-13,15,18H,5-6,9-10H2,1H3,(H,25,30)(H2,23,26,27,28). The second-order valence-electron chi connectivity index (χ2n) is 7.40. The summed E-state index contributed by atoms with van der Waals surface area (Å²) >= 11 is 6.35. The number of hydrogen-bond donors (Lipinski definition) is 3. The first kappa shape index (κ1) is 20.2. The Morgan fingerprint density at radius 2 is 1.97 bits per heavy atom. The Morgan fingerprint density at radius 1 is 1.20 bits per heavy atom. The van der Waals surface area contributed by atoms with Gasteiger partial charge in [-0.25, -0.2) is 4.98 Å². The van der Waals surface area contributed by atoms with E-state index in [0.29, 0.717) is 16.8 Å². The van der Waals surface area contributed by atoms with Crippen LogP contribution in [0.1, 0.15) is 37.3 Å². The lowest BCUT2D eigenvalue weighted by atomic mass is 10.1. The number of carbonyl (C=O) groups excluding carboxylic acids is 1. The maximum absolute atomic E-state index is 13.1. The number of anilines is 3. The van der Waals surface area contributed by atoms with E-state index in [4.69, 9.17) is 11.6 Å². The molecule has 3 aromatic rings. The molecule has 0 radical (unpaired) electrons. The highest BCUT2D eigenvalue weighted by Crippen LogP contribution is 2.27. The largest absolute Gasteiger partial charge is 0.353 e. The van der Waals surface area contributed by atoms with Crippen LogP contribution in [0.3, 0.4) is 0 Å². The first-order valence-electron chi connectivity index (χ1n) is 9.98. The van der Waals surface area contributed by atoms with Crippen molar-refractivity contribution in [2.24, 2.45) is 7.05 Å². The Balaban J connectivity index is 1.57. The molecule has 1 atom stereocenters. The molecule has 156 valence electrons. The lowest BCUT2D eigenvalue weighted by Gasteiger charge is -2.22. The Bertz CT molecular complexity index is 1000. The van der Waals surface area contributed by atoms with E-state index in [2.05, 4.69) is 31.0 Å². The van der Waals surface area contributed by atoms with Crippen molar-refractivity contribution in [1.82, 2.24) is 25.1 Å². The fourth-order valence-corrected chi connectivity index (χ4v) is 3.73. The van der Waals surface area contributed by atoms with Gasteiger partial charge in [0.05, 0.1) is 18.1 Å². The molecule has 4 rings (SSSR count). The van der Waals surface area contributed by atoms with E-state index in [1.807, 2.05) is 43.6 Å². The first-order chi connectivity index (χ1) is 14.6. The number of aromatic nitrogens is 4. The Kier molecular flexibility index (Phi) is 6.13. The molecule has 2 aromatic heterocycles. The van der Waals surface area contributed by atoms with E-state index < -0.39 is 6.04 Å². The Labute approximate surface area is 180 Å². The molecule has 0 spiro atoms. The molecule has 2 heterocycles. The van der Waals surface area contributed by atoms with Crippen LogP contribution in [0, 0.1) is 0 Å². The van der Waals surface area contributed by atoms with E-state index in [-0.39, 0.29) is 11.9 Å². The zero-order valence-corrected chi connectivity index (χ0v) is 17.4. The van der Waals surface area contributed by atoms with E-state index in [0.717, 1.165) is 36.9 Å². The summed E-state index contributed by atoms with van der Waals surface area (Å²) in [6.07, 6.45) is 9.32. The van der Waals surface area contributed by atoms with Gasteiger partial charge in [-0.1, -0.05) is 54.8 Å². The molecule has 0 aliphatic heterocycles. The minimum atomic E-state index is -0.620. The molecule has 1 saturated carbocycles. The minimum absolute atomic E-state index is 0.0930. The molecule has 8 nitrogen and oxygen atoms in total. The molecule has 30 heavy (non-hydrogen) atoms. The fraction of sp³-hybridized carbons (Fsp3) is 0.333. The van der Waals surface area contributed by atoms with Gasteiger partial charge in [0.2, 0.25) is 11.9 Å². The number of amides is 1. The van der Waals surface area contributed by atoms with Gasteiger partial charge in [0, 0.05) is 19.3 Å². The molecule has 1 fully saturated rings. The van der Waals surface area contributed by atoms with Crippen molar-refractivity contribution >= 4 is 35.0 Å². The number of nitrogens with one attached hydrogen (secondary N) is 3. The Morgan fingerprint density at radius 3 is 2.67 bits per heavy atom. The molecular formula is C21H24ClN7O. The number of halogens is 1. The monoisotopic (exact) mass is 425 g/mol. The van der Waals surface area contributed by atoms with Crippen molar-refractivity contribution in [1.29, 1.82) is 0 Å². The van der Waals surface area contributed by atoms with Crippen LogP contribution in [0.4, 0.5) is 17.5 Å². The quantitative estimate of drug-likeness (QED) is 0.532. The van der Waals surface area contributed by atoms with Crippen LogP contribution in [0.25, 0.3) is 0 Å². The molecule has 1 amide bonds. The zero-order valence-electron chi connectivity index (χ0n) is 16.7.